The Kier molecular flexibility index (Phi) is 3.44. The van der Waals surface area contributed by atoms with E-state index >= 15 is 0 Å². The minimum atomic E-state index is 0.332. The predicted molar refractivity (Wildman–Crippen MR) is 67.0 cm³/mol. The molecule has 1 heterocycles. The first-order valence-corrected chi connectivity index (χ1v) is 5.48. The van der Waals surface area contributed by atoms with E-state index in [1.165, 1.54) is 0 Å². The van der Waals surface area contributed by atoms with E-state index < -0.39 is 0 Å². The van der Waals surface area contributed by atoms with Crippen LogP contribution in [0, 0.1) is 6.92 Å². The van der Waals surface area contributed by atoms with Crippen molar-refractivity contribution < 1.29 is 4.74 Å². The van der Waals surface area contributed by atoms with Gasteiger partial charge in [-0.05, 0) is 25.1 Å². The van der Waals surface area contributed by atoms with Gasteiger partial charge in [0.2, 0.25) is 0 Å². The van der Waals surface area contributed by atoms with Crippen molar-refractivity contribution in [2.24, 2.45) is 0 Å². The minimum Gasteiger partial charge on any atom is -0.486 e. The molecule has 0 bridgehead atoms. The third-order valence-corrected chi connectivity index (χ3v) is 2.43. The fraction of sp³-hybridized carbons (Fsp3) is 0.167. The highest BCUT2D eigenvalue weighted by Crippen LogP contribution is 2.26. The van der Waals surface area contributed by atoms with E-state index in [9.17, 15) is 0 Å². The van der Waals surface area contributed by atoms with Gasteiger partial charge >= 0.3 is 0 Å². The van der Waals surface area contributed by atoms with Gasteiger partial charge in [0.1, 0.15) is 12.4 Å². The van der Waals surface area contributed by atoms with Gasteiger partial charge in [0.25, 0.3) is 0 Å². The van der Waals surface area contributed by atoms with Gasteiger partial charge in [-0.2, -0.15) is 0 Å². The summed E-state index contributed by atoms with van der Waals surface area (Å²) in [5.41, 5.74) is 7.82. The zero-order chi connectivity index (χ0) is 12.3. The first kappa shape index (κ1) is 11.7. The zero-order valence-corrected chi connectivity index (χ0v) is 10.1. The Labute approximate surface area is 104 Å². The lowest BCUT2D eigenvalue weighted by molar-refractivity contribution is 0.300. The molecule has 0 atom stereocenters. The quantitative estimate of drug-likeness (QED) is 0.850. The van der Waals surface area contributed by atoms with Gasteiger partial charge in [-0.15, -0.1) is 0 Å². The first-order chi connectivity index (χ1) is 8.15. The molecule has 0 saturated heterocycles. The lowest BCUT2D eigenvalue weighted by atomic mass is 10.3. The van der Waals surface area contributed by atoms with E-state index in [2.05, 4.69) is 9.97 Å². The van der Waals surface area contributed by atoms with Crippen LogP contribution in [-0.2, 0) is 6.61 Å². The standard InChI is InChI=1S/C12H12ClN3O/c1-8-5-15-6-10(16-8)7-17-12-3-2-9(14)4-11(12)13/h2-6H,7,14H2,1H3. The van der Waals surface area contributed by atoms with Crippen molar-refractivity contribution in [1.29, 1.82) is 0 Å². The largest absolute Gasteiger partial charge is 0.486 e. The van der Waals surface area contributed by atoms with Crippen molar-refractivity contribution in [3.05, 3.63) is 47.0 Å². The molecular formula is C12H12ClN3O. The Morgan fingerprint density at radius 2 is 2.18 bits per heavy atom. The molecule has 0 radical (unpaired) electrons. The van der Waals surface area contributed by atoms with Crippen LogP contribution in [0.4, 0.5) is 5.69 Å². The van der Waals surface area contributed by atoms with Crippen LogP contribution < -0.4 is 10.5 Å². The summed E-state index contributed by atoms with van der Waals surface area (Å²) in [6.45, 7) is 2.21. The number of benzene rings is 1. The number of hydrogen-bond acceptors (Lipinski definition) is 4. The Morgan fingerprint density at radius 3 is 2.88 bits per heavy atom. The Hall–Kier alpha value is -1.81. The van der Waals surface area contributed by atoms with Gasteiger partial charge < -0.3 is 10.5 Å². The maximum atomic E-state index is 5.99. The van der Waals surface area contributed by atoms with Crippen molar-refractivity contribution in [3.8, 4) is 5.75 Å². The molecule has 2 rings (SSSR count). The molecule has 17 heavy (non-hydrogen) atoms. The number of rotatable bonds is 3. The number of nitrogens with zero attached hydrogens (tertiary/aromatic N) is 2. The molecule has 0 spiro atoms. The highest BCUT2D eigenvalue weighted by Gasteiger charge is 2.03. The molecule has 88 valence electrons. The van der Waals surface area contributed by atoms with Crippen LogP contribution in [0.25, 0.3) is 0 Å². The molecule has 4 nitrogen and oxygen atoms in total. The van der Waals surface area contributed by atoms with Crippen LogP contribution >= 0.6 is 11.6 Å². The minimum absolute atomic E-state index is 0.332. The fourth-order valence-electron chi connectivity index (χ4n) is 1.37. The number of nitrogens with two attached hydrogens (primary N) is 1. The van der Waals surface area contributed by atoms with E-state index in [1.807, 2.05) is 6.92 Å². The van der Waals surface area contributed by atoms with Gasteiger partial charge in [-0.3, -0.25) is 9.97 Å². The molecule has 1 aromatic heterocycles. The van der Waals surface area contributed by atoms with Gasteiger partial charge in [-0.1, -0.05) is 11.6 Å². The van der Waals surface area contributed by atoms with Crippen LogP contribution in [0.15, 0.2) is 30.6 Å². The van der Waals surface area contributed by atoms with Crippen LogP contribution in [-0.4, -0.2) is 9.97 Å². The number of ether oxygens (including phenoxy) is 1. The second-order valence-electron chi connectivity index (χ2n) is 3.63. The van der Waals surface area contributed by atoms with E-state index in [4.69, 9.17) is 22.1 Å². The van der Waals surface area contributed by atoms with Gasteiger partial charge in [-0.25, -0.2) is 0 Å². The average Bonchev–Trinajstić information content (AvgIpc) is 2.28. The van der Waals surface area contributed by atoms with Crippen LogP contribution in [0.5, 0.6) is 5.75 Å². The zero-order valence-electron chi connectivity index (χ0n) is 9.35. The smallest absolute Gasteiger partial charge is 0.138 e. The highest BCUT2D eigenvalue weighted by molar-refractivity contribution is 6.32. The van der Waals surface area contributed by atoms with Crippen molar-refractivity contribution in [2.75, 3.05) is 5.73 Å². The monoisotopic (exact) mass is 249 g/mol. The summed E-state index contributed by atoms with van der Waals surface area (Å²) in [4.78, 5) is 8.32. The van der Waals surface area contributed by atoms with Crippen molar-refractivity contribution >= 4 is 17.3 Å². The number of aromatic nitrogens is 2. The molecule has 0 unspecified atom stereocenters. The molecule has 0 saturated carbocycles. The van der Waals surface area contributed by atoms with Crippen LogP contribution in [0.3, 0.4) is 0 Å². The maximum Gasteiger partial charge on any atom is 0.138 e. The molecule has 2 aromatic rings. The molecule has 0 fully saturated rings. The summed E-state index contributed by atoms with van der Waals surface area (Å²) in [5, 5.41) is 0.491. The van der Waals surface area contributed by atoms with E-state index in [0.29, 0.717) is 23.1 Å². The third-order valence-electron chi connectivity index (χ3n) is 2.14. The topological polar surface area (TPSA) is 61.0 Å². The average molecular weight is 250 g/mol. The van der Waals surface area contributed by atoms with Gasteiger partial charge in [0, 0.05) is 11.9 Å². The molecule has 0 aliphatic rings. The first-order valence-electron chi connectivity index (χ1n) is 5.10. The second-order valence-corrected chi connectivity index (χ2v) is 4.04. The lowest BCUT2D eigenvalue weighted by Gasteiger charge is -2.08. The lowest BCUT2D eigenvalue weighted by Crippen LogP contribution is -2.00. The van der Waals surface area contributed by atoms with E-state index in [1.54, 1.807) is 30.6 Å². The van der Waals surface area contributed by atoms with Crippen molar-refractivity contribution in [3.63, 3.8) is 0 Å². The Balaban J connectivity index is 2.07. The highest BCUT2D eigenvalue weighted by atomic mass is 35.5. The Morgan fingerprint density at radius 1 is 1.35 bits per heavy atom. The van der Waals surface area contributed by atoms with Crippen LogP contribution in [0.1, 0.15) is 11.4 Å². The number of aryl methyl sites for hydroxylation is 1. The normalized spacial score (nSPS) is 10.2. The SMILES string of the molecule is Cc1cncc(COc2ccc(N)cc2Cl)n1. The summed E-state index contributed by atoms with van der Waals surface area (Å²) in [5.74, 6) is 0.587. The molecule has 0 aliphatic heterocycles. The summed E-state index contributed by atoms with van der Waals surface area (Å²) >= 11 is 5.99. The molecule has 2 N–H and O–H groups in total. The van der Waals surface area contributed by atoms with E-state index in [-0.39, 0.29) is 0 Å². The summed E-state index contributed by atoms with van der Waals surface area (Å²) in [7, 11) is 0. The molecule has 0 amide bonds. The van der Waals surface area contributed by atoms with E-state index in [0.717, 1.165) is 11.4 Å². The molecule has 5 heteroatoms. The van der Waals surface area contributed by atoms with Crippen LogP contribution in [0.2, 0.25) is 5.02 Å². The van der Waals surface area contributed by atoms with Gasteiger partial charge in [0.05, 0.1) is 22.6 Å². The summed E-state index contributed by atoms with van der Waals surface area (Å²) in [6, 6.07) is 5.13. The molecule has 0 aliphatic carbocycles. The Bertz CT molecular complexity index is 531. The summed E-state index contributed by atoms with van der Waals surface area (Å²) in [6.07, 6.45) is 3.36. The third kappa shape index (κ3) is 3.07. The number of halogens is 1. The maximum absolute atomic E-state index is 5.99. The van der Waals surface area contributed by atoms with Crippen molar-refractivity contribution in [2.45, 2.75) is 13.5 Å². The number of anilines is 1. The second kappa shape index (κ2) is 5.01. The van der Waals surface area contributed by atoms with Crippen molar-refractivity contribution in [1.82, 2.24) is 9.97 Å². The number of nitrogen functional groups attached to an aromatic ring is 1. The number of hydrogen-bond donors (Lipinski definition) is 1. The summed E-state index contributed by atoms with van der Waals surface area (Å²) < 4.78 is 5.54. The van der Waals surface area contributed by atoms with Gasteiger partial charge in [0.15, 0.2) is 0 Å². The molecule has 1 aromatic carbocycles. The predicted octanol–water partition coefficient (Wildman–Crippen LogP) is 2.60. The fourth-order valence-corrected chi connectivity index (χ4v) is 1.61. The molecular weight excluding hydrogens is 238 g/mol.